The first-order valence-electron chi connectivity index (χ1n) is 7.38. The lowest BCUT2D eigenvalue weighted by Gasteiger charge is -2.28. The van der Waals surface area contributed by atoms with Crippen LogP contribution in [0, 0.1) is 0 Å². The van der Waals surface area contributed by atoms with Gasteiger partial charge in [0.2, 0.25) is 0 Å². The van der Waals surface area contributed by atoms with Crippen LogP contribution in [0.25, 0.3) is 0 Å². The molecule has 1 aromatic heterocycles. The van der Waals surface area contributed by atoms with Gasteiger partial charge in [-0.05, 0) is 37.4 Å². The molecule has 0 radical (unpaired) electrons. The predicted octanol–water partition coefficient (Wildman–Crippen LogP) is 2.85. The number of hydrogen-bond donors (Lipinski definition) is 1. The van der Waals surface area contributed by atoms with E-state index in [2.05, 4.69) is 35.2 Å². The molecule has 0 aliphatic carbocycles. The van der Waals surface area contributed by atoms with Crippen molar-refractivity contribution in [1.82, 2.24) is 10.3 Å². The second kappa shape index (κ2) is 7.81. The molecule has 5 heteroatoms. The van der Waals surface area contributed by atoms with Gasteiger partial charge in [-0.1, -0.05) is 18.5 Å². The highest BCUT2D eigenvalue weighted by Crippen LogP contribution is 2.21. The van der Waals surface area contributed by atoms with E-state index in [9.17, 15) is 0 Å². The number of aromatic nitrogens is 1. The number of hydrogen-bond acceptors (Lipinski definition) is 4. The summed E-state index contributed by atoms with van der Waals surface area (Å²) < 4.78 is 5.78. The highest BCUT2D eigenvalue weighted by Gasteiger charge is 2.17. The van der Waals surface area contributed by atoms with Crippen LogP contribution >= 0.6 is 11.6 Å². The molecule has 4 nitrogen and oxygen atoms in total. The summed E-state index contributed by atoms with van der Waals surface area (Å²) in [5.74, 6) is 0.955. The summed E-state index contributed by atoms with van der Waals surface area (Å²) in [6.45, 7) is 5.56. The van der Waals surface area contributed by atoms with Gasteiger partial charge in [-0.2, -0.15) is 0 Å². The minimum absolute atomic E-state index is 0.323. The second-order valence-electron chi connectivity index (χ2n) is 5.28. The van der Waals surface area contributed by atoms with E-state index in [1.807, 2.05) is 0 Å². The first kappa shape index (κ1) is 15.5. The Labute approximate surface area is 126 Å². The topological polar surface area (TPSA) is 37.4 Å². The van der Waals surface area contributed by atoms with E-state index in [1.54, 1.807) is 6.20 Å². The average Bonchev–Trinajstić information content (AvgIpc) is 2.47. The number of nitrogens with one attached hydrogen (secondary N) is 1. The summed E-state index contributed by atoms with van der Waals surface area (Å²) in [6.07, 6.45) is 5.65. The maximum absolute atomic E-state index is 6.18. The van der Waals surface area contributed by atoms with Gasteiger partial charge in [-0.15, -0.1) is 0 Å². The third-order valence-corrected chi connectivity index (χ3v) is 3.97. The van der Waals surface area contributed by atoms with Gasteiger partial charge in [0, 0.05) is 32.9 Å². The van der Waals surface area contributed by atoms with Crippen LogP contribution < -0.4 is 10.2 Å². The lowest BCUT2D eigenvalue weighted by atomic mass is 10.1. The molecule has 1 aliphatic rings. The van der Waals surface area contributed by atoms with E-state index in [-0.39, 0.29) is 0 Å². The summed E-state index contributed by atoms with van der Waals surface area (Å²) in [6, 6.07) is 2.06. The fourth-order valence-corrected chi connectivity index (χ4v) is 2.59. The Morgan fingerprint density at radius 2 is 2.35 bits per heavy atom. The Balaban J connectivity index is 1.99. The predicted molar refractivity (Wildman–Crippen MR) is 83.5 cm³/mol. The summed E-state index contributed by atoms with van der Waals surface area (Å²) in [5.41, 5.74) is 1.09. The lowest BCUT2D eigenvalue weighted by molar-refractivity contribution is 0.0215. The van der Waals surface area contributed by atoms with Crippen LogP contribution in [0.2, 0.25) is 5.02 Å². The van der Waals surface area contributed by atoms with E-state index >= 15 is 0 Å². The van der Waals surface area contributed by atoms with Crippen molar-refractivity contribution in [3.63, 3.8) is 0 Å². The molecule has 1 atom stereocenters. The SMILES string of the molecule is CCNCc1cc(N(C)CC2CCCCO2)ncc1Cl. The Bertz CT molecular complexity index is 422. The van der Waals surface area contributed by atoms with E-state index in [4.69, 9.17) is 16.3 Å². The van der Waals surface area contributed by atoms with Crippen molar-refractivity contribution in [3.8, 4) is 0 Å². The zero-order valence-corrected chi connectivity index (χ0v) is 13.1. The molecular weight excluding hydrogens is 274 g/mol. The molecule has 1 saturated heterocycles. The smallest absolute Gasteiger partial charge is 0.128 e. The monoisotopic (exact) mass is 297 g/mol. The molecule has 1 N–H and O–H groups in total. The quantitative estimate of drug-likeness (QED) is 0.876. The fourth-order valence-electron chi connectivity index (χ4n) is 2.42. The first-order chi connectivity index (χ1) is 9.70. The number of rotatable bonds is 6. The number of anilines is 1. The van der Waals surface area contributed by atoms with Crippen LogP contribution in [0.3, 0.4) is 0 Å². The Hall–Kier alpha value is -0.840. The largest absolute Gasteiger partial charge is 0.376 e. The third-order valence-electron chi connectivity index (χ3n) is 3.63. The first-order valence-corrected chi connectivity index (χ1v) is 7.76. The molecule has 1 fully saturated rings. The van der Waals surface area contributed by atoms with Crippen LogP contribution in [0.4, 0.5) is 5.82 Å². The van der Waals surface area contributed by atoms with E-state index in [1.165, 1.54) is 12.8 Å². The van der Waals surface area contributed by atoms with E-state index < -0.39 is 0 Å². The van der Waals surface area contributed by atoms with Gasteiger partial charge in [0.05, 0.1) is 11.1 Å². The Morgan fingerprint density at radius 3 is 3.05 bits per heavy atom. The Morgan fingerprint density at radius 1 is 1.50 bits per heavy atom. The minimum Gasteiger partial charge on any atom is -0.376 e. The number of nitrogens with zero attached hydrogens (tertiary/aromatic N) is 2. The number of ether oxygens (including phenoxy) is 1. The van der Waals surface area contributed by atoms with Crippen molar-refractivity contribution in [3.05, 3.63) is 22.8 Å². The van der Waals surface area contributed by atoms with Crippen molar-refractivity contribution in [2.24, 2.45) is 0 Å². The van der Waals surface area contributed by atoms with Crippen molar-refractivity contribution in [2.45, 2.75) is 38.8 Å². The van der Waals surface area contributed by atoms with Crippen LogP contribution in [-0.2, 0) is 11.3 Å². The van der Waals surface area contributed by atoms with Crippen molar-refractivity contribution < 1.29 is 4.74 Å². The van der Waals surface area contributed by atoms with Gasteiger partial charge in [0.15, 0.2) is 0 Å². The molecule has 1 aromatic rings. The van der Waals surface area contributed by atoms with Gasteiger partial charge >= 0.3 is 0 Å². The summed E-state index contributed by atoms with van der Waals surface area (Å²) in [4.78, 5) is 6.58. The van der Waals surface area contributed by atoms with Crippen molar-refractivity contribution in [2.75, 3.05) is 31.6 Å². The van der Waals surface area contributed by atoms with Crippen LogP contribution in [0.1, 0.15) is 31.7 Å². The lowest BCUT2D eigenvalue weighted by Crippen LogP contribution is -2.33. The summed E-state index contributed by atoms with van der Waals surface area (Å²) in [7, 11) is 2.06. The zero-order valence-electron chi connectivity index (χ0n) is 12.4. The molecule has 0 bridgehead atoms. The van der Waals surface area contributed by atoms with Gasteiger partial charge in [-0.3, -0.25) is 0 Å². The number of halogens is 1. The summed E-state index contributed by atoms with van der Waals surface area (Å²) >= 11 is 6.18. The second-order valence-corrected chi connectivity index (χ2v) is 5.69. The molecular formula is C15H24ClN3O. The molecule has 0 saturated carbocycles. The number of likely N-dealkylation sites (N-methyl/N-ethyl adjacent to an activating group) is 1. The highest BCUT2D eigenvalue weighted by atomic mass is 35.5. The minimum atomic E-state index is 0.323. The molecule has 2 rings (SSSR count). The van der Waals surface area contributed by atoms with E-state index in [0.717, 1.165) is 49.1 Å². The van der Waals surface area contributed by atoms with E-state index in [0.29, 0.717) is 6.10 Å². The van der Waals surface area contributed by atoms with Crippen LogP contribution in [-0.4, -0.2) is 37.8 Å². The molecule has 20 heavy (non-hydrogen) atoms. The van der Waals surface area contributed by atoms with Crippen molar-refractivity contribution >= 4 is 17.4 Å². The average molecular weight is 298 g/mol. The molecule has 0 aromatic carbocycles. The molecule has 1 aliphatic heterocycles. The fraction of sp³-hybridized carbons (Fsp3) is 0.667. The molecule has 0 spiro atoms. The molecule has 112 valence electrons. The van der Waals surface area contributed by atoms with Crippen molar-refractivity contribution in [1.29, 1.82) is 0 Å². The normalized spacial score (nSPS) is 19.1. The Kier molecular flexibility index (Phi) is 6.07. The number of pyridine rings is 1. The molecule has 2 heterocycles. The van der Waals surface area contributed by atoms with Gasteiger partial charge in [0.25, 0.3) is 0 Å². The van der Waals surface area contributed by atoms with Crippen LogP contribution in [0.15, 0.2) is 12.3 Å². The van der Waals surface area contributed by atoms with Gasteiger partial charge < -0.3 is 15.0 Å². The maximum atomic E-state index is 6.18. The molecule has 0 amide bonds. The summed E-state index contributed by atoms with van der Waals surface area (Å²) in [5, 5.41) is 4.02. The van der Waals surface area contributed by atoms with Crippen LogP contribution in [0.5, 0.6) is 0 Å². The zero-order chi connectivity index (χ0) is 14.4. The standard InChI is InChI=1S/C15H24ClN3O/c1-3-17-9-12-8-15(18-10-14(12)16)19(2)11-13-6-4-5-7-20-13/h8,10,13,17H,3-7,9,11H2,1-2H3. The van der Waals surface area contributed by atoms with Gasteiger partial charge in [-0.25, -0.2) is 4.98 Å². The molecule has 1 unspecified atom stereocenters. The van der Waals surface area contributed by atoms with Gasteiger partial charge in [0.1, 0.15) is 5.82 Å². The highest BCUT2D eigenvalue weighted by molar-refractivity contribution is 6.31. The maximum Gasteiger partial charge on any atom is 0.128 e. The third kappa shape index (κ3) is 4.33.